The van der Waals surface area contributed by atoms with Crippen LogP contribution in [0.25, 0.3) is 0 Å². The van der Waals surface area contributed by atoms with Crippen LogP contribution in [0, 0.1) is 6.92 Å². The van der Waals surface area contributed by atoms with Gasteiger partial charge in [-0.3, -0.25) is 9.59 Å². The number of allylic oxidation sites excluding steroid dienone is 1. The molecule has 1 heterocycles. The Balaban J connectivity index is 1.62. The smallest absolute Gasteiger partial charge is 0.265 e. The van der Waals surface area contributed by atoms with Gasteiger partial charge in [-0.05, 0) is 55.7 Å². The zero-order valence-corrected chi connectivity index (χ0v) is 18.9. The van der Waals surface area contributed by atoms with E-state index in [2.05, 4.69) is 17.6 Å². The molecule has 0 saturated heterocycles. The molecule has 0 bridgehead atoms. The number of thioether (sulfide) groups is 1. The Morgan fingerprint density at radius 3 is 2.58 bits per heavy atom. The molecule has 0 unspecified atom stereocenters. The summed E-state index contributed by atoms with van der Waals surface area (Å²) in [5.41, 5.74) is 2.96. The van der Waals surface area contributed by atoms with Crippen molar-refractivity contribution in [2.24, 2.45) is 0 Å². The Kier molecular flexibility index (Phi) is 8.00. The Morgan fingerprint density at radius 2 is 1.87 bits per heavy atom. The van der Waals surface area contributed by atoms with Crippen LogP contribution >= 0.6 is 11.8 Å². The van der Waals surface area contributed by atoms with E-state index < -0.39 is 0 Å². The van der Waals surface area contributed by atoms with Crippen LogP contribution in [0.5, 0.6) is 5.75 Å². The van der Waals surface area contributed by atoms with E-state index in [-0.39, 0.29) is 11.8 Å². The maximum atomic E-state index is 12.6. The summed E-state index contributed by atoms with van der Waals surface area (Å²) in [6.45, 7) is 7.45. The van der Waals surface area contributed by atoms with Crippen LogP contribution in [0.1, 0.15) is 41.8 Å². The van der Waals surface area contributed by atoms with Gasteiger partial charge in [0, 0.05) is 23.5 Å². The van der Waals surface area contributed by atoms with Crippen molar-refractivity contribution in [2.45, 2.75) is 33.7 Å². The van der Waals surface area contributed by atoms with Gasteiger partial charge in [-0.2, -0.15) is 0 Å². The zero-order chi connectivity index (χ0) is 22.2. The van der Waals surface area contributed by atoms with Gasteiger partial charge in [-0.15, -0.1) is 11.8 Å². The molecule has 31 heavy (non-hydrogen) atoms. The summed E-state index contributed by atoms with van der Waals surface area (Å²) in [6.07, 6.45) is 0.959. The fourth-order valence-electron chi connectivity index (χ4n) is 3.02. The summed E-state index contributed by atoms with van der Waals surface area (Å²) in [4.78, 5) is 25.9. The molecule has 164 valence electrons. The van der Waals surface area contributed by atoms with E-state index in [0.717, 1.165) is 29.1 Å². The maximum Gasteiger partial charge on any atom is 0.265 e. The lowest BCUT2D eigenvalue weighted by Crippen LogP contribution is -2.23. The number of carbonyl (C=O) groups is 2. The average molecular weight is 441 g/mol. The van der Waals surface area contributed by atoms with E-state index >= 15 is 0 Å². The predicted molar refractivity (Wildman–Crippen MR) is 124 cm³/mol. The van der Waals surface area contributed by atoms with Gasteiger partial charge in [0.1, 0.15) is 16.4 Å². The molecular formula is C24H28N2O4S. The standard InChI is InChI=1S/C24H28N2O4S/c1-4-11-30-20-9-6-18(7-10-20)15-25-23(27)19-8-5-16(2)21(14-19)26-24(28)22-17(3)29-12-13-31-22/h5-10,14H,4,11-13,15H2,1-3H3,(H,25,27)(H,26,28). The van der Waals surface area contributed by atoms with Crippen molar-refractivity contribution in [2.75, 3.05) is 24.3 Å². The van der Waals surface area contributed by atoms with Gasteiger partial charge in [0.2, 0.25) is 0 Å². The Labute approximate surface area is 187 Å². The first-order valence-corrected chi connectivity index (χ1v) is 11.3. The molecule has 0 aromatic heterocycles. The third-order valence-corrected chi connectivity index (χ3v) is 5.90. The van der Waals surface area contributed by atoms with Crippen molar-refractivity contribution in [1.29, 1.82) is 0 Å². The molecule has 0 spiro atoms. The van der Waals surface area contributed by atoms with E-state index in [0.29, 0.717) is 41.7 Å². The lowest BCUT2D eigenvalue weighted by molar-refractivity contribution is -0.112. The highest BCUT2D eigenvalue weighted by Crippen LogP contribution is 2.27. The van der Waals surface area contributed by atoms with Gasteiger partial charge >= 0.3 is 0 Å². The first-order chi connectivity index (χ1) is 15.0. The topological polar surface area (TPSA) is 76.7 Å². The summed E-state index contributed by atoms with van der Waals surface area (Å²) in [7, 11) is 0. The molecule has 3 rings (SSSR count). The van der Waals surface area contributed by atoms with E-state index in [9.17, 15) is 9.59 Å². The van der Waals surface area contributed by atoms with Crippen LogP contribution in [0.2, 0.25) is 0 Å². The molecule has 0 fully saturated rings. The minimum atomic E-state index is -0.215. The Bertz CT molecular complexity index is 970. The van der Waals surface area contributed by atoms with Crippen molar-refractivity contribution in [3.05, 3.63) is 69.8 Å². The van der Waals surface area contributed by atoms with Crippen LogP contribution in [-0.2, 0) is 16.1 Å². The second-order valence-electron chi connectivity index (χ2n) is 7.24. The highest BCUT2D eigenvalue weighted by molar-refractivity contribution is 8.04. The second-order valence-corrected chi connectivity index (χ2v) is 8.35. The number of benzene rings is 2. The number of aryl methyl sites for hydroxylation is 1. The zero-order valence-electron chi connectivity index (χ0n) is 18.1. The van der Waals surface area contributed by atoms with E-state index in [1.165, 1.54) is 11.8 Å². The van der Waals surface area contributed by atoms with Gasteiger partial charge in [-0.1, -0.05) is 25.1 Å². The molecule has 0 radical (unpaired) electrons. The molecule has 1 aliphatic rings. The van der Waals surface area contributed by atoms with Crippen molar-refractivity contribution < 1.29 is 19.1 Å². The monoisotopic (exact) mass is 440 g/mol. The first-order valence-electron chi connectivity index (χ1n) is 10.4. The van der Waals surface area contributed by atoms with E-state index in [1.54, 1.807) is 19.1 Å². The molecule has 6 nitrogen and oxygen atoms in total. The maximum absolute atomic E-state index is 12.6. The predicted octanol–water partition coefficient (Wildman–Crippen LogP) is 4.65. The SMILES string of the molecule is CCCOc1ccc(CNC(=O)c2ccc(C)c(NC(=O)C3=C(C)OCCS3)c2)cc1. The average Bonchev–Trinajstić information content (AvgIpc) is 2.78. The number of rotatable bonds is 8. The lowest BCUT2D eigenvalue weighted by Gasteiger charge is -2.18. The molecule has 0 saturated carbocycles. The second kappa shape index (κ2) is 10.9. The summed E-state index contributed by atoms with van der Waals surface area (Å²) >= 11 is 1.48. The molecule has 1 aliphatic heterocycles. The molecule has 2 amide bonds. The fourth-order valence-corrected chi connectivity index (χ4v) is 3.83. The van der Waals surface area contributed by atoms with E-state index in [4.69, 9.17) is 9.47 Å². The first kappa shape index (κ1) is 22.7. The summed E-state index contributed by atoms with van der Waals surface area (Å²) < 4.78 is 11.0. The number of amides is 2. The minimum Gasteiger partial charge on any atom is -0.496 e. The fraction of sp³-hybridized carbons (Fsp3) is 0.333. The normalized spacial score (nSPS) is 13.4. The third kappa shape index (κ3) is 6.28. The van der Waals surface area contributed by atoms with Gasteiger partial charge in [0.05, 0.1) is 13.2 Å². The number of hydrogen-bond donors (Lipinski definition) is 2. The summed E-state index contributed by atoms with van der Waals surface area (Å²) in [6, 6.07) is 13.0. The molecule has 2 aromatic carbocycles. The molecular weight excluding hydrogens is 412 g/mol. The van der Waals surface area contributed by atoms with Gasteiger partial charge in [0.25, 0.3) is 11.8 Å². The highest BCUT2D eigenvalue weighted by Gasteiger charge is 2.20. The van der Waals surface area contributed by atoms with Crippen molar-refractivity contribution in [3.8, 4) is 5.75 Å². The van der Waals surface area contributed by atoms with Gasteiger partial charge in [-0.25, -0.2) is 0 Å². The quantitative estimate of drug-likeness (QED) is 0.625. The summed E-state index contributed by atoms with van der Waals surface area (Å²) in [5, 5.41) is 5.83. The highest BCUT2D eigenvalue weighted by atomic mass is 32.2. The van der Waals surface area contributed by atoms with Crippen LogP contribution in [-0.4, -0.2) is 30.8 Å². The lowest BCUT2D eigenvalue weighted by atomic mass is 10.1. The molecule has 2 aromatic rings. The summed E-state index contributed by atoms with van der Waals surface area (Å²) in [5.74, 6) is 1.78. The van der Waals surface area contributed by atoms with Crippen LogP contribution < -0.4 is 15.4 Å². The van der Waals surface area contributed by atoms with Crippen molar-refractivity contribution >= 4 is 29.3 Å². The van der Waals surface area contributed by atoms with Crippen molar-refractivity contribution in [3.63, 3.8) is 0 Å². The Morgan fingerprint density at radius 1 is 1.10 bits per heavy atom. The van der Waals surface area contributed by atoms with Crippen LogP contribution in [0.4, 0.5) is 5.69 Å². The molecule has 7 heteroatoms. The van der Waals surface area contributed by atoms with Crippen molar-refractivity contribution in [1.82, 2.24) is 5.32 Å². The van der Waals surface area contributed by atoms with E-state index in [1.807, 2.05) is 37.3 Å². The number of carbonyl (C=O) groups excluding carboxylic acids is 2. The Hall–Kier alpha value is -2.93. The molecule has 0 aliphatic carbocycles. The van der Waals surface area contributed by atoms with Gasteiger partial charge < -0.3 is 20.1 Å². The third-order valence-electron chi connectivity index (χ3n) is 4.77. The minimum absolute atomic E-state index is 0.201. The van der Waals surface area contributed by atoms with Gasteiger partial charge in [0.15, 0.2) is 0 Å². The van der Waals surface area contributed by atoms with Crippen LogP contribution in [0.15, 0.2) is 53.1 Å². The molecule has 0 atom stereocenters. The number of hydrogen-bond acceptors (Lipinski definition) is 5. The number of ether oxygens (including phenoxy) is 2. The molecule has 2 N–H and O–H groups in total. The largest absolute Gasteiger partial charge is 0.496 e. The van der Waals surface area contributed by atoms with Crippen LogP contribution in [0.3, 0.4) is 0 Å². The number of nitrogens with one attached hydrogen (secondary N) is 2. The number of anilines is 1.